The van der Waals surface area contributed by atoms with E-state index in [0.29, 0.717) is 0 Å². The minimum atomic E-state index is -6.11. The number of nitrogens with two attached hydrogens (primary N) is 1. The van der Waals surface area contributed by atoms with E-state index < -0.39 is 66.2 Å². The third-order valence-corrected chi connectivity index (χ3v) is 3.98. The maximum absolute atomic E-state index is 13.1. The molecule has 2 heterocycles. The van der Waals surface area contributed by atoms with Gasteiger partial charge < -0.3 is 20.7 Å². The van der Waals surface area contributed by atoms with Gasteiger partial charge >= 0.3 is 18.0 Å². The van der Waals surface area contributed by atoms with Gasteiger partial charge in [0.15, 0.2) is 0 Å². The van der Waals surface area contributed by atoms with Crippen LogP contribution in [0.2, 0.25) is 0 Å². The zero-order valence-corrected chi connectivity index (χ0v) is 12.6. The Labute approximate surface area is 139 Å². The Kier molecular flexibility index (Phi) is 5.00. The highest BCUT2D eigenvalue weighted by Gasteiger charge is 2.71. The lowest BCUT2D eigenvalue weighted by Crippen LogP contribution is -2.63. The van der Waals surface area contributed by atoms with Gasteiger partial charge in [0, 0.05) is 12.6 Å². The molecule has 2 rings (SSSR count). The van der Waals surface area contributed by atoms with E-state index in [-0.39, 0.29) is 10.8 Å². The summed E-state index contributed by atoms with van der Waals surface area (Å²) in [5, 5.41) is 18.6. The number of hydrogen-bond donors (Lipinski definition) is 4. The summed E-state index contributed by atoms with van der Waals surface area (Å²) in [6.07, 6.45) is -16.7. The van der Waals surface area contributed by atoms with Crippen LogP contribution in [0.25, 0.3) is 0 Å². The van der Waals surface area contributed by atoms with Gasteiger partial charge in [0.05, 0.1) is 18.3 Å². The van der Waals surface area contributed by atoms with Crippen LogP contribution in [-0.4, -0.2) is 50.9 Å². The van der Waals surface area contributed by atoms with Crippen molar-refractivity contribution in [3.8, 4) is 0 Å². The number of nitrogens with zero attached hydrogens (tertiary/aromatic N) is 1. The first-order valence-electron chi connectivity index (χ1n) is 6.96. The molecular weight excluding hydrogens is 380 g/mol. The minimum Gasteiger partial charge on any atom is -0.394 e. The molecule has 0 unspecified atom stereocenters. The summed E-state index contributed by atoms with van der Waals surface area (Å²) in [5.41, 5.74) is -5.80. The number of aliphatic hydroxyl groups is 2. The zero-order valence-electron chi connectivity index (χ0n) is 12.6. The summed E-state index contributed by atoms with van der Waals surface area (Å²) < 4.78 is 83.6. The van der Waals surface area contributed by atoms with Crippen LogP contribution in [0.1, 0.15) is 18.2 Å². The molecule has 148 valence electrons. The minimum absolute atomic E-state index is 0.000707. The highest BCUT2D eigenvalue weighted by molar-refractivity contribution is 5.24. The van der Waals surface area contributed by atoms with E-state index in [1.54, 1.807) is 0 Å². The Morgan fingerprint density at radius 1 is 1.23 bits per heavy atom. The Morgan fingerprint density at radius 2 is 1.77 bits per heavy atom. The quantitative estimate of drug-likeness (QED) is 0.510. The SMILES string of the molecule is NC(c1cn([C@H]2C[C@H](O)[C@@H](CO)O2)c(=O)[nH]c1=O)(C(F)(F)F)C(F)(F)F. The molecule has 0 aromatic carbocycles. The van der Waals surface area contributed by atoms with Crippen LogP contribution >= 0.6 is 0 Å². The van der Waals surface area contributed by atoms with Crippen LogP contribution in [0.5, 0.6) is 0 Å². The fourth-order valence-electron chi connectivity index (χ4n) is 2.50. The first-order valence-corrected chi connectivity index (χ1v) is 6.96. The third-order valence-electron chi connectivity index (χ3n) is 3.98. The number of H-pyrrole nitrogens is 1. The maximum Gasteiger partial charge on any atom is 0.419 e. The molecule has 5 N–H and O–H groups in total. The smallest absolute Gasteiger partial charge is 0.394 e. The van der Waals surface area contributed by atoms with Crippen molar-refractivity contribution in [2.75, 3.05) is 6.61 Å². The maximum atomic E-state index is 13.1. The van der Waals surface area contributed by atoms with Gasteiger partial charge in [0.1, 0.15) is 12.3 Å². The first-order chi connectivity index (χ1) is 11.7. The van der Waals surface area contributed by atoms with Crippen LogP contribution in [0.3, 0.4) is 0 Å². The number of rotatable bonds is 3. The monoisotopic (exact) mass is 393 g/mol. The average molecular weight is 393 g/mol. The molecule has 1 aliphatic rings. The van der Waals surface area contributed by atoms with Gasteiger partial charge in [-0.25, -0.2) is 4.79 Å². The highest BCUT2D eigenvalue weighted by atomic mass is 19.4. The number of hydrogen-bond acceptors (Lipinski definition) is 6. The summed E-state index contributed by atoms with van der Waals surface area (Å²) in [6, 6.07) is 0. The molecule has 3 atom stereocenters. The highest BCUT2D eigenvalue weighted by Crippen LogP contribution is 2.47. The summed E-state index contributed by atoms with van der Waals surface area (Å²) in [5.74, 6) is 0. The van der Waals surface area contributed by atoms with Crippen molar-refractivity contribution >= 4 is 0 Å². The van der Waals surface area contributed by atoms with E-state index in [1.165, 1.54) is 4.98 Å². The van der Waals surface area contributed by atoms with E-state index in [1.807, 2.05) is 0 Å². The van der Waals surface area contributed by atoms with Crippen molar-refractivity contribution in [3.05, 3.63) is 32.6 Å². The van der Waals surface area contributed by atoms with Crippen molar-refractivity contribution in [2.45, 2.75) is 42.7 Å². The van der Waals surface area contributed by atoms with Gasteiger partial charge in [-0.2, -0.15) is 26.3 Å². The average Bonchev–Trinajstić information content (AvgIpc) is 2.85. The van der Waals surface area contributed by atoms with Crippen molar-refractivity contribution in [1.29, 1.82) is 0 Å². The Morgan fingerprint density at radius 3 is 2.19 bits per heavy atom. The molecule has 0 spiro atoms. The van der Waals surface area contributed by atoms with Gasteiger partial charge in [0.25, 0.3) is 5.56 Å². The fraction of sp³-hybridized carbons (Fsp3) is 0.667. The van der Waals surface area contributed by atoms with E-state index in [9.17, 15) is 41.0 Å². The van der Waals surface area contributed by atoms with Gasteiger partial charge in [-0.15, -0.1) is 0 Å². The van der Waals surface area contributed by atoms with Crippen molar-refractivity contribution in [3.63, 3.8) is 0 Å². The normalized spacial score (nSPS) is 24.9. The Hall–Kier alpha value is -1.90. The molecule has 1 aromatic heterocycles. The Balaban J connectivity index is 2.65. The summed E-state index contributed by atoms with van der Waals surface area (Å²) >= 11 is 0. The predicted octanol–water partition coefficient (Wildman–Crippen LogP) is -0.544. The van der Waals surface area contributed by atoms with E-state index in [4.69, 9.17) is 9.84 Å². The molecule has 1 fully saturated rings. The third kappa shape index (κ3) is 3.13. The van der Waals surface area contributed by atoms with Crippen molar-refractivity contribution in [2.24, 2.45) is 5.73 Å². The largest absolute Gasteiger partial charge is 0.419 e. The van der Waals surface area contributed by atoms with Crippen molar-refractivity contribution < 1.29 is 41.3 Å². The molecular formula is C12H13F6N3O5. The number of aromatic amines is 1. The van der Waals surface area contributed by atoms with Gasteiger partial charge in [-0.1, -0.05) is 0 Å². The number of alkyl halides is 6. The lowest BCUT2D eigenvalue weighted by Gasteiger charge is -2.33. The van der Waals surface area contributed by atoms with Gasteiger partial charge in [-0.05, 0) is 0 Å². The summed E-state index contributed by atoms with van der Waals surface area (Å²) in [4.78, 5) is 24.8. The number of halogens is 6. The molecule has 1 saturated heterocycles. The second kappa shape index (κ2) is 6.37. The van der Waals surface area contributed by atoms with Crippen LogP contribution in [0.15, 0.2) is 15.8 Å². The molecule has 26 heavy (non-hydrogen) atoms. The molecule has 8 nitrogen and oxygen atoms in total. The summed E-state index contributed by atoms with van der Waals surface area (Å²) in [7, 11) is 0. The molecule has 0 bridgehead atoms. The Bertz CT molecular complexity index is 771. The fourth-order valence-corrected chi connectivity index (χ4v) is 2.50. The number of aromatic nitrogens is 2. The number of nitrogens with one attached hydrogen (secondary N) is 1. The molecule has 1 aromatic rings. The molecule has 0 aliphatic carbocycles. The van der Waals surface area contributed by atoms with Crippen LogP contribution in [-0.2, 0) is 10.3 Å². The second-order valence-electron chi connectivity index (χ2n) is 5.63. The van der Waals surface area contributed by atoms with Crippen LogP contribution in [0, 0.1) is 0 Å². The van der Waals surface area contributed by atoms with Crippen LogP contribution in [0.4, 0.5) is 26.3 Å². The topological polar surface area (TPSA) is 131 Å². The standard InChI is InChI=1S/C12H13F6N3O5/c13-11(14,15)10(19,12(16,17)18)4-2-21(9(25)20-8(4)24)7-1-5(23)6(3-22)26-7/h2,5-7,22-23H,1,3,19H2,(H,20,24,25)/t5-,6+,7+/m0/s1. The molecule has 1 aliphatic heterocycles. The molecule has 0 radical (unpaired) electrons. The lowest BCUT2D eigenvalue weighted by atomic mass is 9.91. The van der Waals surface area contributed by atoms with Gasteiger partial charge in [0.2, 0.25) is 5.54 Å². The predicted molar refractivity (Wildman–Crippen MR) is 70.9 cm³/mol. The number of aliphatic hydroxyl groups excluding tert-OH is 2. The van der Waals surface area contributed by atoms with E-state index in [0.717, 1.165) is 0 Å². The first kappa shape index (κ1) is 20.4. The summed E-state index contributed by atoms with van der Waals surface area (Å²) in [6.45, 7) is -0.714. The van der Waals surface area contributed by atoms with Crippen molar-refractivity contribution in [1.82, 2.24) is 9.55 Å². The molecule has 14 heteroatoms. The lowest BCUT2D eigenvalue weighted by molar-refractivity contribution is -0.302. The second-order valence-corrected chi connectivity index (χ2v) is 5.63. The van der Waals surface area contributed by atoms with Crippen LogP contribution < -0.4 is 17.0 Å². The van der Waals surface area contributed by atoms with E-state index in [2.05, 4.69) is 5.73 Å². The van der Waals surface area contributed by atoms with Gasteiger partial charge in [-0.3, -0.25) is 14.3 Å². The number of ether oxygens (including phenoxy) is 1. The van der Waals surface area contributed by atoms with E-state index >= 15 is 0 Å². The molecule has 0 saturated carbocycles. The zero-order chi connectivity index (χ0) is 20.1. The molecule has 0 amide bonds.